The average molecular weight is 314 g/mol. The first-order chi connectivity index (χ1) is 8.50. The van der Waals surface area contributed by atoms with Crippen LogP contribution in [0.5, 0.6) is 0 Å². The summed E-state index contributed by atoms with van der Waals surface area (Å²) < 4.78 is 27.2. The lowest BCUT2D eigenvalue weighted by Gasteiger charge is -2.22. The Bertz CT molecular complexity index is 581. The van der Waals surface area contributed by atoms with Crippen LogP contribution in [0.4, 0.5) is 5.82 Å². The van der Waals surface area contributed by atoms with Crippen molar-refractivity contribution in [3.05, 3.63) is 21.6 Å². The molecular weight excluding hydrogens is 302 g/mol. The Kier molecular flexibility index (Phi) is 4.50. The fraction of sp³-hybridized carbons (Fsp3) is 0.625. The van der Waals surface area contributed by atoms with E-state index in [2.05, 4.69) is 9.17 Å². The largest absolute Gasteiger partial charge is 0.386 e. The Hall–Kier alpha value is -1.23. The number of rotatable bonds is 6. The van der Waals surface area contributed by atoms with E-state index in [0.29, 0.717) is 0 Å². The highest BCUT2D eigenvalue weighted by Gasteiger charge is 2.27. The Morgan fingerprint density at radius 3 is 2.68 bits per heavy atom. The van der Waals surface area contributed by atoms with Gasteiger partial charge in [0.25, 0.3) is 10.1 Å². The van der Waals surface area contributed by atoms with E-state index in [1.807, 2.05) is 0 Å². The lowest BCUT2D eigenvalue weighted by Crippen LogP contribution is -2.36. The molecule has 0 saturated carbocycles. The zero-order valence-corrected chi connectivity index (χ0v) is 11.7. The Balaban J connectivity index is 2.80. The standard InChI is InChI=1S/C8H12ClN3O6S/c1-8(13,5-18-19(2,16)17)4-11-3-6(12(14)15)10-7(11)9/h3,13H,4-5H2,1-2H3. The molecule has 0 bridgehead atoms. The molecule has 1 atom stereocenters. The molecule has 1 unspecified atom stereocenters. The Morgan fingerprint density at radius 1 is 1.68 bits per heavy atom. The molecular formula is C8H12ClN3O6S. The van der Waals surface area contributed by atoms with Crippen LogP contribution in [-0.2, 0) is 20.8 Å². The highest BCUT2D eigenvalue weighted by Crippen LogP contribution is 2.19. The summed E-state index contributed by atoms with van der Waals surface area (Å²) in [7, 11) is -3.69. The molecule has 1 aromatic heterocycles. The molecule has 9 nitrogen and oxygen atoms in total. The van der Waals surface area contributed by atoms with Crippen molar-refractivity contribution >= 4 is 27.5 Å². The van der Waals surface area contributed by atoms with E-state index < -0.39 is 33.1 Å². The lowest BCUT2D eigenvalue weighted by molar-refractivity contribution is -0.389. The van der Waals surface area contributed by atoms with Gasteiger partial charge in [0.2, 0.25) is 0 Å². The molecule has 1 aromatic rings. The number of imidazole rings is 1. The summed E-state index contributed by atoms with van der Waals surface area (Å²) in [6, 6.07) is 0. The van der Waals surface area contributed by atoms with Crippen LogP contribution in [0.3, 0.4) is 0 Å². The number of halogens is 1. The van der Waals surface area contributed by atoms with Crippen LogP contribution in [-0.4, -0.2) is 46.5 Å². The van der Waals surface area contributed by atoms with Gasteiger partial charge in [-0.1, -0.05) is 0 Å². The van der Waals surface area contributed by atoms with Crippen molar-refractivity contribution in [2.45, 2.75) is 19.1 Å². The van der Waals surface area contributed by atoms with Crippen LogP contribution >= 0.6 is 11.6 Å². The molecule has 0 spiro atoms. The predicted molar refractivity (Wildman–Crippen MR) is 65.3 cm³/mol. The quantitative estimate of drug-likeness (QED) is 0.451. The molecule has 0 fully saturated rings. The van der Waals surface area contributed by atoms with Gasteiger partial charge >= 0.3 is 11.1 Å². The van der Waals surface area contributed by atoms with Crippen molar-refractivity contribution in [2.75, 3.05) is 12.9 Å². The molecule has 108 valence electrons. The minimum atomic E-state index is -3.69. The van der Waals surface area contributed by atoms with E-state index in [-0.39, 0.29) is 11.8 Å². The number of nitro groups is 1. The van der Waals surface area contributed by atoms with E-state index >= 15 is 0 Å². The first-order valence-electron chi connectivity index (χ1n) is 4.94. The van der Waals surface area contributed by atoms with Crippen molar-refractivity contribution in [1.82, 2.24) is 9.55 Å². The molecule has 1 heterocycles. The summed E-state index contributed by atoms with van der Waals surface area (Å²) in [6.45, 7) is 0.594. The van der Waals surface area contributed by atoms with Crippen LogP contribution in [0.1, 0.15) is 6.92 Å². The van der Waals surface area contributed by atoms with Gasteiger partial charge in [-0.3, -0.25) is 8.75 Å². The molecule has 0 aliphatic carbocycles. The van der Waals surface area contributed by atoms with Gasteiger partial charge in [0.05, 0.1) is 19.4 Å². The first kappa shape index (κ1) is 15.8. The highest BCUT2D eigenvalue weighted by atomic mass is 35.5. The van der Waals surface area contributed by atoms with Crippen molar-refractivity contribution in [2.24, 2.45) is 0 Å². The predicted octanol–water partition coefficient (Wildman–Crippen LogP) is 0.172. The van der Waals surface area contributed by atoms with Crippen LogP contribution in [0, 0.1) is 10.1 Å². The second kappa shape index (κ2) is 5.41. The van der Waals surface area contributed by atoms with E-state index in [4.69, 9.17) is 11.6 Å². The number of hydrogen-bond donors (Lipinski definition) is 1. The molecule has 1 rings (SSSR count). The average Bonchev–Trinajstić information content (AvgIpc) is 2.56. The highest BCUT2D eigenvalue weighted by molar-refractivity contribution is 7.85. The number of aromatic nitrogens is 2. The monoisotopic (exact) mass is 313 g/mol. The Labute approximate surface area is 114 Å². The zero-order valence-electron chi connectivity index (χ0n) is 10.1. The summed E-state index contributed by atoms with van der Waals surface area (Å²) in [5.41, 5.74) is -1.58. The maximum atomic E-state index is 10.8. The maximum absolute atomic E-state index is 10.8. The topological polar surface area (TPSA) is 125 Å². The third-order valence-electron chi connectivity index (χ3n) is 2.00. The summed E-state index contributed by atoms with van der Waals surface area (Å²) in [4.78, 5) is 13.2. The Morgan fingerprint density at radius 2 is 2.26 bits per heavy atom. The molecule has 1 N–H and O–H groups in total. The summed E-state index contributed by atoms with van der Waals surface area (Å²) >= 11 is 5.66. The summed E-state index contributed by atoms with van der Waals surface area (Å²) in [5, 5.41) is 20.2. The SMILES string of the molecule is CC(O)(COS(C)(=O)=O)Cn1cc([N+](=O)[O-])nc1Cl. The first-order valence-corrected chi connectivity index (χ1v) is 7.13. The van der Waals surface area contributed by atoms with Gasteiger partial charge in [0, 0.05) is 0 Å². The molecule has 0 radical (unpaired) electrons. The summed E-state index contributed by atoms with van der Waals surface area (Å²) in [6.07, 6.45) is 1.88. The van der Waals surface area contributed by atoms with Crippen molar-refractivity contribution < 1.29 is 22.6 Å². The van der Waals surface area contributed by atoms with E-state index in [0.717, 1.165) is 17.0 Å². The lowest BCUT2D eigenvalue weighted by atomic mass is 10.1. The molecule has 0 aromatic carbocycles. The molecule has 0 saturated heterocycles. The summed E-state index contributed by atoms with van der Waals surface area (Å²) in [5.74, 6) is -0.468. The number of nitrogens with zero attached hydrogens (tertiary/aromatic N) is 3. The minimum absolute atomic E-state index is 0.189. The van der Waals surface area contributed by atoms with Gasteiger partial charge in [-0.25, -0.2) is 0 Å². The van der Waals surface area contributed by atoms with Gasteiger partial charge in [-0.2, -0.15) is 8.42 Å². The van der Waals surface area contributed by atoms with Gasteiger partial charge < -0.3 is 15.2 Å². The molecule has 0 amide bonds. The van der Waals surface area contributed by atoms with Gasteiger partial charge in [0.1, 0.15) is 11.8 Å². The number of aliphatic hydroxyl groups is 1. The fourth-order valence-corrected chi connectivity index (χ4v) is 1.89. The maximum Gasteiger partial charge on any atom is 0.383 e. The van der Waals surface area contributed by atoms with Gasteiger partial charge in [-0.05, 0) is 28.4 Å². The van der Waals surface area contributed by atoms with E-state index in [1.54, 1.807) is 0 Å². The molecule has 0 aliphatic heterocycles. The third kappa shape index (κ3) is 5.11. The smallest absolute Gasteiger partial charge is 0.383 e. The van der Waals surface area contributed by atoms with Gasteiger partial charge in [0.15, 0.2) is 0 Å². The van der Waals surface area contributed by atoms with Crippen LogP contribution in [0.15, 0.2) is 6.20 Å². The van der Waals surface area contributed by atoms with Crippen LogP contribution < -0.4 is 0 Å². The van der Waals surface area contributed by atoms with E-state index in [1.165, 1.54) is 6.92 Å². The zero-order chi connectivity index (χ0) is 14.8. The van der Waals surface area contributed by atoms with Crippen molar-refractivity contribution in [3.63, 3.8) is 0 Å². The van der Waals surface area contributed by atoms with Crippen molar-refractivity contribution in [1.29, 1.82) is 0 Å². The normalized spacial score (nSPS) is 15.2. The second-order valence-electron chi connectivity index (χ2n) is 4.22. The van der Waals surface area contributed by atoms with Crippen LogP contribution in [0.2, 0.25) is 5.28 Å². The molecule has 11 heteroatoms. The van der Waals surface area contributed by atoms with Crippen LogP contribution in [0.25, 0.3) is 0 Å². The molecule has 19 heavy (non-hydrogen) atoms. The fourth-order valence-electron chi connectivity index (χ4n) is 1.23. The van der Waals surface area contributed by atoms with Crippen molar-refractivity contribution in [3.8, 4) is 0 Å². The van der Waals surface area contributed by atoms with E-state index in [9.17, 15) is 23.6 Å². The second-order valence-corrected chi connectivity index (χ2v) is 6.20. The minimum Gasteiger partial charge on any atom is -0.386 e. The third-order valence-corrected chi connectivity index (χ3v) is 2.84. The molecule has 0 aliphatic rings. The van der Waals surface area contributed by atoms with Gasteiger partial charge in [-0.15, -0.1) is 0 Å². The number of hydrogen-bond acceptors (Lipinski definition) is 7.